The Balaban J connectivity index is 1.96. The van der Waals surface area contributed by atoms with Gasteiger partial charge in [0.1, 0.15) is 0 Å². The average molecular weight is 210 g/mol. The number of hydrogen-bond acceptors (Lipinski definition) is 3. The minimum Gasteiger partial charge on any atom is -0.325 e. The van der Waals surface area contributed by atoms with Crippen LogP contribution in [-0.4, -0.2) is 16.7 Å². The second-order valence-corrected chi connectivity index (χ2v) is 6.04. The van der Waals surface area contributed by atoms with Gasteiger partial charge >= 0.3 is 0 Å². The zero-order chi connectivity index (χ0) is 10.7. The van der Waals surface area contributed by atoms with Crippen LogP contribution in [0.15, 0.2) is 0 Å². The molecular formula is C11H18N2O2. The van der Waals surface area contributed by atoms with Gasteiger partial charge in [-0.05, 0) is 50.4 Å². The third kappa shape index (κ3) is 1.24. The summed E-state index contributed by atoms with van der Waals surface area (Å²) in [6.07, 6.45) is 6.00. The van der Waals surface area contributed by atoms with Crippen molar-refractivity contribution in [1.82, 2.24) is 5.48 Å². The van der Waals surface area contributed by atoms with Crippen LogP contribution in [-0.2, 0) is 4.79 Å². The Morgan fingerprint density at radius 1 is 1.27 bits per heavy atom. The molecule has 0 aromatic rings. The molecule has 0 aromatic heterocycles. The molecule has 2 unspecified atom stereocenters. The SMILES string of the molecule is NC12CC3CC(C1)CC(C(=O)NO)(C3)C2. The first-order valence-corrected chi connectivity index (χ1v) is 5.79. The van der Waals surface area contributed by atoms with Crippen molar-refractivity contribution < 1.29 is 10.0 Å². The Morgan fingerprint density at radius 3 is 2.33 bits per heavy atom. The molecule has 4 aliphatic carbocycles. The summed E-state index contributed by atoms with van der Waals surface area (Å²) in [4.78, 5) is 11.8. The highest BCUT2D eigenvalue weighted by atomic mass is 16.5. The van der Waals surface area contributed by atoms with Crippen molar-refractivity contribution in [2.45, 2.75) is 44.1 Å². The van der Waals surface area contributed by atoms with Crippen molar-refractivity contribution in [2.75, 3.05) is 0 Å². The summed E-state index contributed by atoms with van der Waals surface area (Å²) >= 11 is 0. The summed E-state index contributed by atoms with van der Waals surface area (Å²) < 4.78 is 0. The molecule has 0 aliphatic heterocycles. The first-order chi connectivity index (χ1) is 7.05. The van der Waals surface area contributed by atoms with Crippen LogP contribution in [0.4, 0.5) is 0 Å². The maximum absolute atomic E-state index is 11.8. The van der Waals surface area contributed by atoms with E-state index in [2.05, 4.69) is 0 Å². The summed E-state index contributed by atoms with van der Waals surface area (Å²) in [6.45, 7) is 0. The van der Waals surface area contributed by atoms with E-state index < -0.39 is 0 Å². The first-order valence-electron chi connectivity index (χ1n) is 5.79. The molecule has 1 amide bonds. The van der Waals surface area contributed by atoms with Crippen LogP contribution in [0.3, 0.4) is 0 Å². The van der Waals surface area contributed by atoms with Gasteiger partial charge in [0.05, 0.1) is 5.41 Å². The smallest absolute Gasteiger partial charge is 0.249 e. The number of nitrogens with one attached hydrogen (secondary N) is 1. The molecule has 0 heterocycles. The lowest BCUT2D eigenvalue weighted by atomic mass is 9.47. The Bertz CT molecular complexity index is 302. The van der Waals surface area contributed by atoms with Crippen LogP contribution in [0.25, 0.3) is 0 Å². The Morgan fingerprint density at radius 2 is 1.87 bits per heavy atom. The fraction of sp³-hybridized carbons (Fsp3) is 0.909. The summed E-state index contributed by atoms with van der Waals surface area (Å²) in [5.41, 5.74) is 7.70. The predicted molar refractivity (Wildman–Crippen MR) is 54.0 cm³/mol. The van der Waals surface area contributed by atoms with Crippen LogP contribution in [0.1, 0.15) is 38.5 Å². The van der Waals surface area contributed by atoms with Crippen LogP contribution in [0.2, 0.25) is 0 Å². The first kappa shape index (κ1) is 9.60. The number of amides is 1. The lowest BCUT2D eigenvalue weighted by Gasteiger charge is -2.59. The minimum atomic E-state index is -0.354. The zero-order valence-electron chi connectivity index (χ0n) is 8.83. The number of hydrogen-bond donors (Lipinski definition) is 3. The summed E-state index contributed by atoms with van der Waals surface area (Å²) in [5, 5.41) is 8.84. The largest absolute Gasteiger partial charge is 0.325 e. The van der Waals surface area contributed by atoms with E-state index in [0.29, 0.717) is 11.8 Å². The molecule has 0 spiro atoms. The van der Waals surface area contributed by atoms with E-state index in [1.807, 2.05) is 5.48 Å². The van der Waals surface area contributed by atoms with Crippen molar-refractivity contribution in [3.05, 3.63) is 0 Å². The third-order valence-corrected chi connectivity index (χ3v) is 4.69. The van der Waals surface area contributed by atoms with Gasteiger partial charge in [-0.1, -0.05) is 0 Å². The molecule has 0 radical (unpaired) electrons. The number of carbonyl (C=O) groups is 1. The quantitative estimate of drug-likeness (QED) is 0.442. The van der Waals surface area contributed by atoms with E-state index in [9.17, 15) is 4.79 Å². The number of nitrogens with two attached hydrogens (primary N) is 1. The van der Waals surface area contributed by atoms with Crippen molar-refractivity contribution in [2.24, 2.45) is 23.0 Å². The monoisotopic (exact) mass is 210 g/mol. The molecule has 15 heavy (non-hydrogen) atoms. The number of rotatable bonds is 1. The van der Waals surface area contributed by atoms with E-state index >= 15 is 0 Å². The Kier molecular flexibility index (Phi) is 1.75. The highest BCUT2D eigenvalue weighted by Crippen LogP contribution is 2.60. The van der Waals surface area contributed by atoms with E-state index in [-0.39, 0.29) is 16.9 Å². The van der Waals surface area contributed by atoms with Crippen LogP contribution < -0.4 is 11.2 Å². The molecular weight excluding hydrogens is 192 g/mol. The molecule has 4 N–H and O–H groups in total. The zero-order valence-corrected chi connectivity index (χ0v) is 8.83. The van der Waals surface area contributed by atoms with Gasteiger partial charge in [-0.15, -0.1) is 0 Å². The molecule has 4 saturated carbocycles. The van der Waals surface area contributed by atoms with Gasteiger partial charge in [0.25, 0.3) is 0 Å². The molecule has 4 rings (SSSR count). The van der Waals surface area contributed by atoms with Crippen molar-refractivity contribution in [3.63, 3.8) is 0 Å². The second-order valence-electron chi connectivity index (χ2n) is 6.04. The van der Waals surface area contributed by atoms with Gasteiger partial charge in [-0.25, -0.2) is 5.48 Å². The number of carbonyl (C=O) groups excluding carboxylic acids is 1. The van der Waals surface area contributed by atoms with Gasteiger partial charge in [0.2, 0.25) is 5.91 Å². The second kappa shape index (κ2) is 2.74. The van der Waals surface area contributed by atoms with Crippen LogP contribution in [0, 0.1) is 17.3 Å². The van der Waals surface area contributed by atoms with E-state index in [0.717, 1.165) is 32.1 Å². The molecule has 4 heteroatoms. The van der Waals surface area contributed by atoms with Gasteiger partial charge < -0.3 is 5.73 Å². The molecule has 4 aliphatic rings. The molecule has 0 aromatic carbocycles. The Labute approximate surface area is 89.2 Å². The van der Waals surface area contributed by atoms with Gasteiger partial charge in [-0.2, -0.15) is 0 Å². The molecule has 4 fully saturated rings. The van der Waals surface area contributed by atoms with Crippen molar-refractivity contribution in [1.29, 1.82) is 0 Å². The van der Waals surface area contributed by atoms with Crippen LogP contribution >= 0.6 is 0 Å². The fourth-order valence-electron chi connectivity index (χ4n) is 4.72. The molecule has 4 bridgehead atoms. The van der Waals surface area contributed by atoms with Crippen molar-refractivity contribution >= 4 is 5.91 Å². The minimum absolute atomic E-state index is 0.128. The fourth-order valence-corrected chi connectivity index (χ4v) is 4.72. The molecule has 2 atom stereocenters. The lowest BCUT2D eigenvalue weighted by Crippen LogP contribution is -2.63. The molecule has 84 valence electrons. The third-order valence-electron chi connectivity index (χ3n) is 4.69. The standard InChI is InChI=1S/C11H18N2O2/c12-11-4-7-1-8(5-11)3-10(2-7,6-11)9(14)13-15/h7-8,15H,1-6,12H2,(H,13,14). The van der Waals surface area contributed by atoms with E-state index in [1.54, 1.807) is 0 Å². The average Bonchev–Trinajstić information content (AvgIpc) is 2.12. The summed E-state index contributed by atoms with van der Waals surface area (Å²) in [6, 6.07) is 0. The topological polar surface area (TPSA) is 75.4 Å². The van der Waals surface area contributed by atoms with Crippen molar-refractivity contribution in [3.8, 4) is 0 Å². The molecule has 4 nitrogen and oxygen atoms in total. The highest BCUT2D eigenvalue weighted by molar-refractivity contribution is 5.82. The van der Waals surface area contributed by atoms with E-state index in [1.165, 1.54) is 6.42 Å². The Hall–Kier alpha value is -0.610. The van der Waals surface area contributed by atoms with Crippen LogP contribution in [0.5, 0.6) is 0 Å². The summed E-state index contributed by atoms with van der Waals surface area (Å²) in [7, 11) is 0. The van der Waals surface area contributed by atoms with Gasteiger partial charge in [0, 0.05) is 5.54 Å². The van der Waals surface area contributed by atoms with Gasteiger partial charge in [-0.3, -0.25) is 10.0 Å². The molecule has 0 saturated heterocycles. The lowest BCUT2D eigenvalue weighted by molar-refractivity contribution is -0.156. The highest BCUT2D eigenvalue weighted by Gasteiger charge is 2.59. The predicted octanol–water partition coefficient (Wildman–Crippen LogP) is 0.789. The number of hydroxylamine groups is 1. The summed E-state index contributed by atoms with van der Waals surface area (Å²) in [5.74, 6) is 1.01. The normalized spacial score (nSPS) is 51.9. The maximum atomic E-state index is 11.8. The maximum Gasteiger partial charge on any atom is 0.249 e. The van der Waals surface area contributed by atoms with E-state index in [4.69, 9.17) is 10.9 Å². The van der Waals surface area contributed by atoms with Gasteiger partial charge in [0.15, 0.2) is 0 Å².